The van der Waals surface area contributed by atoms with Crippen LogP contribution in [0.15, 0.2) is 54.6 Å². The molecule has 0 aromatic heterocycles. The van der Waals surface area contributed by atoms with Crippen molar-refractivity contribution in [3.63, 3.8) is 0 Å². The van der Waals surface area contributed by atoms with Crippen LogP contribution in [0.2, 0.25) is 0 Å². The van der Waals surface area contributed by atoms with E-state index in [2.05, 4.69) is 5.32 Å². The summed E-state index contributed by atoms with van der Waals surface area (Å²) in [5, 5.41) is 10.3. The maximum absolute atomic E-state index is 12.6. The zero-order chi connectivity index (χ0) is 17.8. The largest absolute Gasteiger partial charge is 0.495 e. The van der Waals surface area contributed by atoms with Crippen molar-refractivity contribution in [1.82, 2.24) is 0 Å². The summed E-state index contributed by atoms with van der Waals surface area (Å²) in [7, 11) is 1.53. The van der Waals surface area contributed by atoms with Crippen molar-refractivity contribution in [2.75, 3.05) is 17.3 Å². The predicted octanol–water partition coefficient (Wildman–Crippen LogP) is 3.11. The minimum atomic E-state index is -0.609. The smallest absolute Gasteiger partial charge is 0.247 e. The number of carbonyl (C=O) groups excluding carboxylic acids is 2. The molecule has 1 atom stereocenters. The third kappa shape index (κ3) is 3.66. The van der Waals surface area contributed by atoms with Crippen LogP contribution in [0.1, 0.15) is 6.42 Å². The van der Waals surface area contributed by atoms with Crippen molar-refractivity contribution in [2.24, 2.45) is 0 Å². The SMILES string of the molecule is COc1ccccc1NC(=O)CC1SC(=N)N(c2ccccc2)C1=O. The number of benzene rings is 2. The zero-order valence-corrected chi connectivity index (χ0v) is 14.4. The summed E-state index contributed by atoms with van der Waals surface area (Å²) >= 11 is 1.09. The lowest BCUT2D eigenvalue weighted by atomic mass is 10.2. The molecule has 1 unspecified atom stereocenters. The zero-order valence-electron chi connectivity index (χ0n) is 13.6. The van der Waals surface area contributed by atoms with Crippen molar-refractivity contribution in [3.05, 3.63) is 54.6 Å². The van der Waals surface area contributed by atoms with E-state index in [1.165, 1.54) is 12.0 Å². The Bertz CT molecular complexity index is 810. The summed E-state index contributed by atoms with van der Waals surface area (Å²) in [5.41, 5.74) is 1.19. The van der Waals surface area contributed by atoms with Gasteiger partial charge in [-0.3, -0.25) is 19.9 Å². The van der Waals surface area contributed by atoms with Gasteiger partial charge in [0.25, 0.3) is 0 Å². The number of nitrogens with zero attached hydrogens (tertiary/aromatic N) is 1. The summed E-state index contributed by atoms with van der Waals surface area (Å²) in [6.07, 6.45) is -0.00668. The normalized spacial score (nSPS) is 16.8. The number of nitrogens with one attached hydrogen (secondary N) is 2. The Morgan fingerprint density at radius 2 is 1.88 bits per heavy atom. The molecule has 6 nitrogen and oxygen atoms in total. The molecule has 1 aliphatic heterocycles. The Kier molecular flexibility index (Phi) is 5.04. The number of methoxy groups -OCH3 is 1. The number of amidine groups is 1. The number of amides is 2. The molecule has 0 spiro atoms. The van der Waals surface area contributed by atoms with E-state index in [0.717, 1.165) is 11.8 Å². The number of rotatable bonds is 5. The third-order valence-electron chi connectivity index (χ3n) is 3.72. The van der Waals surface area contributed by atoms with Crippen LogP contribution >= 0.6 is 11.8 Å². The third-order valence-corrected chi connectivity index (χ3v) is 4.78. The van der Waals surface area contributed by atoms with Crippen molar-refractivity contribution in [3.8, 4) is 5.75 Å². The quantitative estimate of drug-likeness (QED) is 0.863. The van der Waals surface area contributed by atoms with Crippen molar-refractivity contribution in [2.45, 2.75) is 11.7 Å². The fraction of sp³-hybridized carbons (Fsp3) is 0.167. The van der Waals surface area contributed by atoms with Crippen LogP contribution in [-0.2, 0) is 9.59 Å². The number of anilines is 2. The van der Waals surface area contributed by atoms with Crippen molar-refractivity contribution in [1.29, 1.82) is 5.41 Å². The predicted molar refractivity (Wildman–Crippen MR) is 99.3 cm³/mol. The lowest BCUT2D eigenvalue weighted by Crippen LogP contribution is -2.33. The fourth-order valence-corrected chi connectivity index (χ4v) is 3.56. The Morgan fingerprint density at radius 1 is 1.20 bits per heavy atom. The topological polar surface area (TPSA) is 82.5 Å². The molecule has 1 fully saturated rings. The van der Waals surface area contributed by atoms with Gasteiger partial charge >= 0.3 is 0 Å². The molecule has 0 aliphatic carbocycles. The molecule has 2 aromatic rings. The maximum atomic E-state index is 12.6. The molecule has 7 heteroatoms. The molecule has 128 valence electrons. The van der Waals surface area contributed by atoms with Crippen LogP contribution < -0.4 is 15.0 Å². The molecule has 0 radical (unpaired) electrons. The Labute approximate surface area is 149 Å². The molecular formula is C18H17N3O3S. The Hall–Kier alpha value is -2.80. The molecule has 25 heavy (non-hydrogen) atoms. The van der Waals surface area contributed by atoms with Gasteiger partial charge in [-0.2, -0.15) is 0 Å². The lowest BCUT2D eigenvalue weighted by Gasteiger charge is -2.15. The van der Waals surface area contributed by atoms with Crippen molar-refractivity contribution >= 4 is 40.1 Å². The van der Waals surface area contributed by atoms with Crippen LogP contribution in [0.3, 0.4) is 0 Å². The van der Waals surface area contributed by atoms with E-state index in [0.29, 0.717) is 17.1 Å². The summed E-state index contributed by atoms with van der Waals surface area (Å²) < 4.78 is 5.20. The number of ether oxygens (including phenoxy) is 1. The van der Waals surface area contributed by atoms with E-state index in [1.54, 1.807) is 30.3 Å². The summed E-state index contributed by atoms with van der Waals surface area (Å²) in [6.45, 7) is 0. The number of thioether (sulfide) groups is 1. The highest BCUT2D eigenvalue weighted by Crippen LogP contribution is 2.33. The number of hydrogen-bond donors (Lipinski definition) is 2. The standard InChI is InChI=1S/C18H17N3O3S/c1-24-14-10-6-5-9-13(14)20-16(22)11-15-17(23)21(18(19)25-15)12-7-3-2-4-8-12/h2-10,15,19H,11H2,1H3,(H,20,22). The molecule has 0 saturated carbocycles. The number of carbonyl (C=O) groups is 2. The van der Waals surface area contributed by atoms with Gasteiger partial charge in [0.15, 0.2) is 5.17 Å². The van der Waals surface area contributed by atoms with Gasteiger partial charge in [-0.1, -0.05) is 42.1 Å². The van der Waals surface area contributed by atoms with Crippen LogP contribution in [-0.4, -0.2) is 29.3 Å². The van der Waals surface area contributed by atoms with Crippen LogP contribution in [0.5, 0.6) is 5.75 Å². The molecule has 2 amide bonds. The molecule has 1 heterocycles. The maximum Gasteiger partial charge on any atom is 0.247 e. The van der Waals surface area contributed by atoms with Crippen molar-refractivity contribution < 1.29 is 14.3 Å². The minimum Gasteiger partial charge on any atom is -0.495 e. The van der Waals surface area contributed by atoms with Crippen LogP contribution in [0, 0.1) is 5.41 Å². The average molecular weight is 355 g/mol. The molecule has 2 aromatic carbocycles. The van der Waals surface area contributed by atoms with E-state index < -0.39 is 5.25 Å². The van der Waals surface area contributed by atoms with Gasteiger partial charge in [0, 0.05) is 6.42 Å². The molecule has 1 aliphatic rings. The van der Waals surface area contributed by atoms with E-state index in [1.807, 2.05) is 24.3 Å². The molecule has 2 N–H and O–H groups in total. The molecular weight excluding hydrogens is 338 g/mol. The average Bonchev–Trinajstić information content (AvgIpc) is 2.89. The Morgan fingerprint density at radius 3 is 2.60 bits per heavy atom. The lowest BCUT2D eigenvalue weighted by molar-refractivity contribution is -0.121. The highest BCUT2D eigenvalue weighted by molar-refractivity contribution is 8.16. The van der Waals surface area contributed by atoms with E-state index >= 15 is 0 Å². The van der Waals surface area contributed by atoms with Crippen LogP contribution in [0.25, 0.3) is 0 Å². The highest BCUT2D eigenvalue weighted by Gasteiger charge is 2.39. The number of hydrogen-bond acceptors (Lipinski definition) is 5. The van der Waals surface area contributed by atoms with Crippen LogP contribution in [0.4, 0.5) is 11.4 Å². The second-order valence-corrected chi connectivity index (χ2v) is 6.56. The highest BCUT2D eigenvalue weighted by atomic mass is 32.2. The molecule has 3 rings (SSSR count). The first kappa shape index (κ1) is 17.0. The first-order chi connectivity index (χ1) is 12.1. The van der Waals surface area contributed by atoms with E-state index in [-0.39, 0.29) is 23.4 Å². The van der Waals surface area contributed by atoms with Gasteiger partial charge in [-0.25, -0.2) is 0 Å². The van der Waals surface area contributed by atoms with Gasteiger partial charge in [0.2, 0.25) is 11.8 Å². The monoisotopic (exact) mass is 355 g/mol. The van der Waals surface area contributed by atoms with Gasteiger partial charge in [-0.05, 0) is 24.3 Å². The fourth-order valence-electron chi connectivity index (χ4n) is 2.55. The van der Waals surface area contributed by atoms with Gasteiger partial charge < -0.3 is 10.1 Å². The molecule has 0 bridgehead atoms. The summed E-state index contributed by atoms with van der Waals surface area (Å²) in [5.74, 6) is 0.00865. The second kappa shape index (κ2) is 7.40. The molecule has 1 saturated heterocycles. The summed E-state index contributed by atoms with van der Waals surface area (Å²) in [6, 6.07) is 16.1. The first-order valence-electron chi connectivity index (χ1n) is 7.67. The second-order valence-electron chi connectivity index (χ2n) is 5.37. The minimum absolute atomic E-state index is 0.00668. The number of para-hydroxylation sites is 3. The van der Waals surface area contributed by atoms with Gasteiger partial charge in [0.1, 0.15) is 11.0 Å². The Balaban J connectivity index is 1.68. The van der Waals surface area contributed by atoms with Gasteiger partial charge in [0.05, 0.1) is 18.5 Å². The van der Waals surface area contributed by atoms with E-state index in [4.69, 9.17) is 10.1 Å². The van der Waals surface area contributed by atoms with Gasteiger partial charge in [-0.15, -0.1) is 0 Å². The van der Waals surface area contributed by atoms with E-state index in [9.17, 15) is 9.59 Å². The first-order valence-corrected chi connectivity index (χ1v) is 8.55. The summed E-state index contributed by atoms with van der Waals surface area (Å²) in [4.78, 5) is 26.2.